The number of aliphatic hydroxyl groups is 1. The van der Waals surface area contributed by atoms with Crippen molar-refractivity contribution in [3.8, 4) is 0 Å². The third-order valence-electron chi connectivity index (χ3n) is 2.80. The number of hydrogen-bond donors (Lipinski definition) is 2. The molecule has 0 bridgehead atoms. The van der Waals surface area contributed by atoms with E-state index in [0.717, 1.165) is 6.42 Å². The summed E-state index contributed by atoms with van der Waals surface area (Å²) in [6.07, 6.45) is -4.44. The van der Waals surface area contributed by atoms with Crippen LogP contribution >= 0.6 is 0 Å². The molecule has 1 saturated heterocycles. The Morgan fingerprint density at radius 1 is 1.50 bits per heavy atom. The SMILES string of the molecule is CCC1CC(NCC(O)C(F)(F)F)CCO1. The first-order chi connectivity index (χ1) is 7.43. The fourth-order valence-electron chi connectivity index (χ4n) is 1.74. The second-order valence-corrected chi connectivity index (χ2v) is 4.09. The van der Waals surface area contributed by atoms with Gasteiger partial charge in [-0.25, -0.2) is 0 Å². The normalized spacial score (nSPS) is 29.1. The van der Waals surface area contributed by atoms with E-state index in [1.165, 1.54) is 0 Å². The first-order valence-electron chi connectivity index (χ1n) is 5.53. The van der Waals surface area contributed by atoms with Gasteiger partial charge in [0, 0.05) is 19.2 Å². The zero-order valence-electron chi connectivity index (χ0n) is 9.26. The molecule has 0 aromatic rings. The van der Waals surface area contributed by atoms with E-state index in [9.17, 15) is 13.2 Å². The minimum absolute atomic E-state index is 0.00991. The summed E-state index contributed by atoms with van der Waals surface area (Å²) in [4.78, 5) is 0. The van der Waals surface area contributed by atoms with Crippen molar-refractivity contribution >= 4 is 0 Å². The van der Waals surface area contributed by atoms with Crippen LogP contribution in [0.5, 0.6) is 0 Å². The Morgan fingerprint density at radius 2 is 2.19 bits per heavy atom. The molecule has 0 saturated carbocycles. The smallest absolute Gasteiger partial charge is 0.382 e. The van der Waals surface area contributed by atoms with Gasteiger partial charge in [-0.1, -0.05) is 6.92 Å². The molecule has 3 nitrogen and oxygen atoms in total. The highest BCUT2D eigenvalue weighted by atomic mass is 19.4. The first kappa shape index (κ1) is 13.7. The van der Waals surface area contributed by atoms with E-state index < -0.39 is 18.8 Å². The third-order valence-corrected chi connectivity index (χ3v) is 2.80. The molecular weight excluding hydrogens is 223 g/mol. The molecule has 0 aromatic carbocycles. The van der Waals surface area contributed by atoms with Crippen LogP contribution in [0.2, 0.25) is 0 Å². The highest BCUT2D eigenvalue weighted by molar-refractivity contribution is 4.78. The lowest BCUT2D eigenvalue weighted by Gasteiger charge is -2.30. The quantitative estimate of drug-likeness (QED) is 0.783. The molecule has 96 valence electrons. The van der Waals surface area contributed by atoms with Crippen LogP contribution in [0.25, 0.3) is 0 Å². The molecule has 0 aromatic heterocycles. The number of rotatable bonds is 4. The summed E-state index contributed by atoms with van der Waals surface area (Å²) in [5, 5.41) is 11.6. The topological polar surface area (TPSA) is 41.5 Å². The van der Waals surface area contributed by atoms with E-state index >= 15 is 0 Å². The van der Waals surface area contributed by atoms with Crippen molar-refractivity contribution in [1.29, 1.82) is 0 Å². The minimum atomic E-state index is -4.54. The average Bonchev–Trinajstić information content (AvgIpc) is 2.25. The summed E-state index contributed by atoms with van der Waals surface area (Å²) in [5.41, 5.74) is 0. The average molecular weight is 241 g/mol. The number of halogens is 3. The molecule has 1 aliphatic rings. The largest absolute Gasteiger partial charge is 0.415 e. The van der Waals surface area contributed by atoms with E-state index in [-0.39, 0.29) is 12.1 Å². The predicted octanol–water partition coefficient (Wildman–Crippen LogP) is 1.46. The van der Waals surface area contributed by atoms with E-state index in [1.54, 1.807) is 0 Å². The Kier molecular flexibility index (Phi) is 5.01. The molecule has 3 unspecified atom stereocenters. The minimum Gasteiger partial charge on any atom is -0.382 e. The number of alkyl halides is 3. The summed E-state index contributed by atoms with van der Waals surface area (Å²) in [5.74, 6) is 0. The summed E-state index contributed by atoms with van der Waals surface area (Å²) in [6, 6.07) is 0.00991. The Morgan fingerprint density at radius 3 is 2.75 bits per heavy atom. The highest BCUT2D eigenvalue weighted by Crippen LogP contribution is 2.20. The second-order valence-electron chi connectivity index (χ2n) is 4.09. The zero-order valence-corrected chi connectivity index (χ0v) is 9.26. The summed E-state index contributed by atoms with van der Waals surface area (Å²) in [6.45, 7) is 2.11. The van der Waals surface area contributed by atoms with Crippen LogP contribution < -0.4 is 5.32 Å². The summed E-state index contributed by atoms with van der Waals surface area (Å²) < 4.78 is 41.5. The van der Waals surface area contributed by atoms with Crippen molar-refractivity contribution in [2.45, 2.75) is 50.6 Å². The lowest BCUT2D eigenvalue weighted by atomic mass is 10.0. The van der Waals surface area contributed by atoms with Crippen LogP contribution in [0.15, 0.2) is 0 Å². The third kappa shape index (κ3) is 4.27. The molecule has 1 rings (SSSR count). The number of aliphatic hydroxyl groups excluding tert-OH is 1. The Labute approximate surface area is 93.0 Å². The molecule has 1 heterocycles. The molecule has 0 amide bonds. The fourth-order valence-corrected chi connectivity index (χ4v) is 1.74. The molecule has 2 N–H and O–H groups in total. The fraction of sp³-hybridized carbons (Fsp3) is 1.00. The van der Waals surface area contributed by atoms with Crippen LogP contribution in [0.3, 0.4) is 0 Å². The second kappa shape index (κ2) is 5.84. The van der Waals surface area contributed by atoms with E-state index in [4.69, 9.17) is 9.84 Å². The molecule has 0 radical (unpaired) electrons. The number of hydrogen-bond acceptors (Lipinski definition) is 3. The van der Waals surface area contributed by atoms with Gasteiger partial charge in [0.05, 0.1) is 6.10 Å². The van der Waals surface area contributed by atoms with Gasteiger partial charge in [0.15, 0.2) is 6.10 Å². The molecule has 3 atom stereocenters. The maximum absolute atomic E-state index is 12.0. The Hall–Kier alpha value is -0.330. The maximum Gasteiger partial charge on any atom is 0.415 e. The van der Waals surface area contributed by atoms with Crippen LogP contribution in [0.4, 0.5) is 13.2 Å². The van der Waals surface area contributed by atoms with Gasteiger partial charge in [0.1, 0.15) is 0 Å². The first-order valence-corrected chi connectivity index (χ1v) is 5.53. The van der Waals surface area contributed by atoms with Crippen LogP contribution in [-0.4, -0.2) is 42.7 Å². The van der Waals surface area contributed by atoms with Crippen molar-refractivity contribution < 1.29 is 23.0 Å². The Balaban J connectivity index is 2.27. The van der Waals surface area contributed by atoms with Gasteiger partial charge >= 0.3 is 6.18 Å². The van der Waals surface area contributed by atoms with Crippen LogP contribution in [0.1, 0.15) is 26.2 Å². The van der Waals surface area contributed by atoms with Crippen molar-refractivity contribution in [2.24, 2.45) is 0 Å². The summed E-state index contributed by atoms with van der Waals surface area (Å²) in [7, 11) is 0. The number of nitrogens with one attached hydrogen (secondary N) is 1. The monoisotopic (exact) mass is 241 g/mol. The molecule has 6 heteroatoms. The molecular formula is C10H18F3NO2. The zero-order chi connectivity index (χ0) is 12.2. The predicted molar refractivity (Wildman–Crippen MR) is 53.1 cm³/mol. The lowest BCUT2D eigenvalue weighted by Crippen LogP contribution is -2.45. The van der Waals surface area contributed by atoms with Crippen molar-refractivity contribution in [1.82, 2.24) is 5.32 Å². The molecule has 16 heavy (non-hydrogen) atoms. The summed E-state index contributed by atoms with van der Waals surface area (Å²) >= 11 is 0. The standard InChI is InChI=1S/C10H18F3NO2/c1-2-8-5-7(3-4-16-8)14-6-9(15)10(11,12)13/h7-9,14-15H,2-6H2,1H3. The van der Waals surface area contributed by atoms with Gasteiger partial charge in [-0.2, -0.15) is 13.2 Å². The van der Waals surface area contributed by atoms with Crippen molar-refractivity contribution in [3.05, 3.63) is 0 Å². The van der Waals surface area contributed by atoms with Gasteiger partial charge < -0.3 is 15.2 Å². The maximum atomic E-state index is 12.0. The van der Waals surface area contributed by atoms with E-state index in [0.29, 0.717) is 19.4 Å². The van der Waals surface area contributed by atoms with E-state index in [2.05, 4.69) is 5.32 Å². The van der Waals surface area contributed by atoms with E-state index in [1.807, 2.05) is 6.92 Å². The van der Waals surface area contributed by atoms with Crippen molar-refractivity contribution in [2.75, 3.05) is 13.2 Å². The van der Waals surface area contributed by atoms with Gasteiger partial charge in [-0.15, -0.1) is 0 Å². The Bertz CT molecular complexity index is 211. The van der Waals surface area contributed by atoms with Gasteiger partial charge in [-0.05, 0) is 19.3 Å². The van der Waals surface area contributed by atoms with Gasteiger partial charge in [-0.3, -0.25) is 0 Å². The highest BCUT2D eigenvalue weighted by Gasteiger charge is 2.38. The lowest BCUT2D eigenvalue weighted by molar-refractivity contribution is -0.202. The molecule has 0 spiro atoms. The number of ether oxygens (including phenoxy) is 1. The van der Waals surface area contributed by atoms with Crippen LogP contribution in [-0.2, 0) is 4.74 Å². The molecule has 0 aliphatic carbocycles. The molecule has 1 aliphatic heterocycles. The van der Waals surface area contributed by atoms with Crippen molar-refractivity contribution in [3.63, 3.8) is 0 Å². The molecule has 1 fully saturated rings. The van der Waals surface area contributed by atoms with Gasteiger partial charge in [0.2, 0.25) is 0 Å². The van der Waals surface area contributed by atoms with Gasteiger partial charge in [0.25, 0.3) is 0 Å². The van der Waals surface area contributed by atoms with Crippen LogP contribution in [0, 0.1) is 0 Å².